The molecule has 0 spiro atoms. The van der Waals surface area contributed by atoms with Crippen LogP contribution in [0.5, 0.6) is 17.2 Å². The number of esters is 1. The summed E-state index contributed by atoms with van der Waals surface area (Å²) in [5.74, 6) is 1.34. The van der Waals surface area contributed by atoms with Gasteiger partial charge in [-0.05, 0) is 67.8 Å². The van der Waals surface area contributed by atoms with E-state index in [1.807, 2.05) is 38.1 Å². The summed E-state index contributed by atoms with van der Waals surface area (Å²) in [5.41, 5.74) is 3.17. The molecule has 200 valence electrons. The lowest BCUT2D eigenvalue weighted by Crippen LogP contribution is -2.40. The first-order valence-electron chi connectivity index (χ1n) is 12.4. The Balaban J connectivity index is 2.04. The third-order valence-corrected chi connectivity index (χ3v) is 7.37. The van der Waals surface area contributed by atoms with Gasteiger partial charge in [-0.15, -0.1) is 0 Å². The number of ether oxygens (including phenoxy) is 4. The highest BCUT2D eigenvalue weighted by atomic mass is 32.1. The fraction of sp³-hybridized carbons (Fsp3) is 0.345. The fourth-order valence-corrected chi connectivity index (χ4v) is 5.56. The molecule has 0 saturated carbocycles. The van der Waals surface area contributed by atoms with Crippen LogP contribution in [0.15, 0.2) is 57.5 Å². The third-order valence-electron chi connectivity index (χ3n) is 6.39. The zero-order chi connectivity index (χ0) is 27.4. The summed E-state index contributed by atoms with van der Waals surface area (Å²) in [5, 5.41) is 0. The van der Waals surface area contributed by atoms with E-state index in [0.717, 1.165) is 23.3 Å². The van der Waals surface area contributed by atoms with Gasteiger partial charge in [-0.2, -0.15) is 0 Å². The van der Waals surface area contributed by atoms with Gasteiger partial charge in [0.1, 0.15) is 23.3 Å². The zero-order valence-corrected chi connectivity index (χ0v) is 23.3. The van der Waals surface area contributed by atoms with E-state index in [2.05, 4.69) is 0 Å². The molecule has 3 aromatic rings. The van der Waals surface area contributed by atoms with E-state index < -0.39 is 12.0 Å². The number of aryl methyl sites for hydroxylation is 1. The van der Waals surface area contributed by atoms with Gasteiger partial charge in [-0.25, -0.2) is 9.79 Å². The van der Waals surface area contributed by atoms with Crippen LogP contribution in [-0.4, -0.2) is 38.5 Å². The molecule has 8 nitrogen and oxygen atoms in total. The van der Waals surface area contributed by atoms with E-state index in [-0.39, 0.29) is 12.2 Å². The van der Waals surface area contributed by atoms with Crippen molar-refractivity contribution in [3.05, 3.63) is 84.0 Å². The molecule has 1 aliphatic heterocycles. The molecular weight excluding hydrogens is 504 g/mol. The topological polar surface area (TPSA) is 88.4 Å². The van der Waals surface area contributed by atoms with E-state index in [4.69, 9.17) is 23.9 Å². The first-order chi connectivity index (χ1) is 18.4. The molecule has 0 saturated heterocycles. The Bertz CT molecular complexity index is 1570. The van der Waals surface area contributed by atoms with Gasteiger partial charge in [0.05, 0.1) is 43.7 Å². The molecule has 4 rings (SSSR count). The van der Waals surface area contributed by atoms with E-state index in [0.29, 0.717) is 44.1 Å². The Morgan fingerprint density at radius 3 is 2.39 bits per heavy atom. The second-order valence-electron chi connectivity index (χ2n) is 8.74. The number of nitrogens with zero attached hydrogens (tertiary/aromatic N) is 2. The van der Waals surface area contributed by atoms with Gasteiger partial charge in [0.2, 0.25) is 0 Å². The van der Waals surface area contributed by atoms with Crippen molar-refractivity contribution in [3.8, 4) is 17.2 Å². The minimum atomic E-state index is -0.795. The standard InChI is InChI=1S/C29H32N2O6S/c1-7-9-22-25(28(33)37-8-2)26(21-16-20(35-5)12-13-23(21)36-6)31-27(32)24(38-29(31)30-22)15-18-10-11-19(34-4)14-17(18)3/h10-16,26H,7-9H2,1-6H3/b24-15-/t26-/m1/s1. The molecule has 0 aliphatic carbocycles. The van der Waals surface area contributed by atoms with Crippen LogP contribution in [0.1, 0.15) is 49.4 Å². The van der Waals surface area contributed by atoms with Crippen molar-refractivity contribution in [3.63, 3.8) is 0 Å². The number of allylic oxidation sites excluding steroid dienone is 1. The number of hydrogen-bond donors (Lipinski definition) is 0. The Labute approximate surface area is 225 Å². The largest absolute Gasteiger partial charge is 0.497 e. The number of hydrogen-bond acceptors (Lipinski definition) is 8. The highest BCUT2D eigenvalue weighted by Crippen LogP contribution is 2.38. The van der Waals surface area contributed by atoms with Crippen molar-refractivity contribution < 1.29 is 23.7 Å². The van der Waals surface area contributed by atoms with Gasteiger partial charge in [0.15, 0.2) is 4.80 Å². The minimum absolute atomic E-state index is 0.199. The summed E-state index contributed by atoms with van der Waals surface area (Å²) in [6.07, 6.45) is 3.18. The lowest BCUT2D eigenvalue weighted by molar-refractivity contribution is -0.139. The van der Waals surface area contributed by atoms with Crippen LogP contribution in [0.2, 0.25) is 0 Å². The summed E-state index contributed by atoms with van der Waals surface area (Å²) in [7, 11) is 4.75. The minimum Gasteiger partial charge on any atom is -0.497 e. The summed E-state index contributed by atoms with van der Waals surface area (Å²) < 4.78 is 24.0. The van der Waals surface area contributed by atoms with Crippen molar-refractivity contribution in [1.29, 1.82) is 0 Å². The first kappa shape index (κ1) is 27.2. The zero-order valence-electron chi connectivity index (χ0n) is 22.5. The smallest absolute Gasteiger partial charge is 0.338 e. The number of carbonyl (C=O) groups excluding carboxylic acids is 1. The van der Waals surface area contributed by atoms with Gasteiger partial charge in [0, 0.05) is 5.56 Å². The van der Waals surface area contributed by atoms with Crippen LogP contribution in [0, 0.1) is 6.92 Å². The van der Waals surface area contributed by atoms with Crippen molar-refractivity contribution in [2.75, 3.05) is 27.9 Å². The average molecular weight is 537 g/mol. The molecule has 1 aromatic heterocycles. The average Bonchev–Trinajstić information content (AvgIpc) is 3.23. The number of benzene rings is 2. The van der Waals surface area contributed by atoms with Gasteiger partial charge < -0.3 is 18.9 Å². The van der Waals surface area contributed by atoms with Crippen molar-refractivity contribution in [2.24, 2.45) is 4.99 Å². The van der Waals surface area contributed by atoms with Crippen LogP contribution in [0.25, 0.3) is 6.08 Å². The van der Waals surface area contributed by atoms with Crippen LogP contribution in [0.4, 0.5) is 0 Å². The van der Waals surface area contributed by atoms with E-state index in [1.54, 1.807) is 51.0 Å². The highest BCUT2D eigenvalue weighted by molar-refractivity contribution is 7.07. The highest BCUT2D eigenvalue weighted by Gasteiger charge is 2.36. The fourth-order valence-electron chi connectivity index (χ4n) is 4.55. The molecular formula is C29H32N2O6S. The third kappa shape index (κ3) is 5.11. The number of fused-ring (bicyclic) bond motifs is 1. The van der Waals surface area contributed by atoms with Crippen LogP contribution < -0.4 is 29.1 Å². The summed E-state index contributed by atoms with van der Waals surface area (Å²) in [6.45, 7) is 5.94. The number of methoxy groups -OCH3 is 3. The Morgan fingerprint density at radius 1 is 1.05 bits per heavy atom. The molecule has 38 heavy (non-hydrogen) atoms. The lowest BCUT2D eigenvalue weighted by atomic mass is 9.93. The molecule has 0 amide bonds. The van der Waals surface area contributed by atoms with Crippen molar-refractivity contribution in [2.45, 2.75) is 39.7 Å². The molecule has 9 heteroatoms. The first-order valence-corrected chi connectivity index (χ1v) is 13.3. The molecule has 2 aromatic carbocycles. The quantitative estimate of drug-likeness (QED) is 0.386. The van der Waals surface area contributed by atoms with Crippen molar-refractivity contribution >= 4 is 23.4 Å². The van der Waals surface area contributed by atoms with Crippen LogP contribution in [0.3, 0.4) is 0 Å². The SMILES string of the molecule is CCCC1=C(C(=O)OCC)[C@@H](c2cc(OC)ccc2OC)n2c(s/c(=C\c3ccc(OC)cc3C)c2=O)=N1. The molecule has 1 aliphatic rings. The van der Waals surface area contributed by atoms with E-state index >= 15 is 0 Å². The second-order valence-corrected chi connectivity index (χ2v) is 9.75. The lowest BCUT2D eigenvalue weighted by Gasteiger charge is -2.27. The second kappa shape index (κ2) is 11.7. The maximum absolute atomic E-state index is 14.0. The maximum Gasteiger partial charge on any atom is 0.338 e. The summed E-state index contributed by atoms with van der Waals surface area (Å²) in [6, 6.07) is 10.2. The molecule has 2 heterocycles. The number of rotatable bonds is 9. The summed E-state index contributed by atoms with van der Waals surface area (Å²) in [4.78, 5) is 32.7. The molecule has 0 unspecified atom stereocenters. The van der Waals surface area contributed by atoms with Crippen LogP contribution >= 0.6 is 11.3 Å². The van der Waals surface area contributed by atoms with Gasteiger partial charge in [0.25, 0.3) is 5.56 Å². The Hall–Kier alpha value is -3.85. The molecule has 0 radical (unpaired) electrons. The summed E-state index contributed by atoms with van der Waals surface area (Å²) >= 11 is 1.29. The predicted octanol–water partition coefficient (Wildman–Crippen LogP) is 3.91. The Kier molecular flexibility index (Phi) is 8.36. The van der Waals surface area contributed by atoms with E-state index in [1.165, 1.54) is 11.3 Å². The number of carbonyl (C=O) groups is 1. The van der Waals surface area contributed by atoms with Crippen molar-refractivity contribution in [1.82, 2.24) is 4.57 Å². The van der Waals surface area contributed by atoms with Gasteiger partial charge >= 0.3 is 5.97 Å². The maximum atomic E-state index is 14.0. The van der Waals surface area contributed by atoms with Crippen LogP contribution in [-0.2, 0) is 9.53 Å². The monoisotopic (exact) mass is 536 g/mol. The molecule has 1 atom stereocenters. The predicted molar refractivity (Wildman–Crippen MR) is 147 cm³/mol. The molecule has 0 N–H and O–H groups in total. The normalized spacial score (nSPS) is 15.1. The van der Waals surface area contributed by atoms with Gasteiger partial charge in [-0.3, -0.25) is 9.36 Å². The van der Waals surface area contributed by atoms with E-state index in [9.17, 15) is 9.59 Å². The molecule has 0 fully saturated rings. The van der Waals surface area contributed by atoms with Gasteiger partial charge in [-0.1, -0.05) is 30.7 Å². The Morgan fingerprint density at radius 2 is 1.76 bits per heavy atom. The molecule has 0 bridgehead atoms. The number of aromatic nitrogens is 1. The number of thiazole rings is 1.